The van der Waals surface area contributed by atoms with Gasteiger partial charge >= 0.3 is 0 Å². The van der Waals surface area contributed by atoms with Gasteiger partial charge in [-0.3, -0.25) is 4.79 Å². The molecule has 2 saturated heterocycles. The van der Waals surface area contributed by atoms with Crippen LogP contribution in [0.15, 0.2) is 17.6 Å². The summed E-state index contributed by atoms with van der Waals surface area (Å²) >= 11 is 1.64. The molecule has 5 rings (SSSR count). The molecule has 2 aromatic rings. The first kappa shape index (κ1) is 18.0. The van der Waals surface area contributed by atoms with Crippen molar-refractivity contribution in [3.8, 4) is 0 Å². The number of amides is 1. The second kappa shape index (κ2) is 6.49. The Morgan fingerprint density at radius 2 is 2.04 bits per heavy atom. The zero-order valence-corrected chi connectivity index (χ0v) is 17.4. The van der Waals surface area contributed by atoms with Gasteiger partial charge in [-0.15, -0.1) is 11.3 Å². The van der Waals surface area contributed by atoms with E-state index in [1.807, 2.05) is 41.5 Å². The van der Waals surface area contributed by atoms with Gasteiger partial charge in [-0.05, 0) is 26.0 Å². The molecule has 148 valence electrons. The smallest absolute Gasteiger partial charge is 0.273 e. The van der Waals surface area contributed by atoms with Crippen LogP contribution in [0.25, 0.3) is 0 Å². The zero-order valence-electron chi connectivity index (χ0n) is 16.6. The van der Waals surface area contributed by atoms with Gasteiger partial charge in [0, 0.05) is 69.1 Å². The van der Waals surface area contributed by atoms with E-state index < -0.39 is 0 Å². The van der Waals surface area contributed by atoms with Crippen LogP contribution in [0.3, 0.4) is 0 Å². The van der Waals surface area contributed by atoms with Crippen LogP contribution in [-0.2, 0) is 0 Å². The lowest BCUT2D eigenvalue weighted by Crippen LogP contribution is -2.61. The van der Waals surface area contributed by atoms with Crippen molar-refractivity contribution >= 4 is 23.2 Å². The molecule has 2 aliphatic heterocycles. The third kappa shape index (κ3) is 2.99. The van der Waals surface area contributed by atoms with Crippen molar-refractivity contribution in [2.45, 2.75) is 24.7 Å². The van der Waals surface area contributed by atoms with Crippen molar-refractivity contribution < 1.29 is 4.79 Å². The largest absolute Gasteiger partial charge is 0.347 e. The molecule has 0 bridgehead atoms. The van der Waals surface area contributed by atoms with Gasteiger partial charge in [-0.1, -0.05) is 0 Å². The molecule has 1 atom stereocenters. The number of rotatable bonds is 4. The summed E-state index contributed by atoms with van der Waals surface area (Å²) in [6.45, 7) is 3.51. The highest BCUT2D eigenvalue weighted by Crippen LogP contribution is 2.49. The summed E-state index contributed by atoms with van der Waals surface area (Å²) in [5, 5.41) is 3.07. The average Bonchev–Trinajstić information content (AvgIpc) is 3.27. The fourth-order valence-corrected chi connectivity index (χ4v) is 5.60. The lowest BCUT2D eigenvalue weighted by Gasteiger charge is -2.50. The van der Waals surface area contributed by atoms with Gasteiger partial charge in [0.1, 0.15) is 5.69 Å². The predicted molar refractivity (Wildman–Crippen MR) is 109 cm³/mol. The van der Waals surface area contributed by atoms with Crippen LogP contribution >= 0.6 is 11.3 Å². The van der Waals surface area contributed by atoms with Gasteiger partial charge in [0.25, 0.3) is 5.91 Å². The molecule has 3 fully saturated rings. The number of hydrogen-bond donors (Lipinski definition) is 0. The van der Waals surface area contributed by atoms with Gasteiger partial charge in [0.2, 0.25) is 5.95 Å². The maximum atomic E-state index is 12.9. The predicted octanol–water partition coefficient (Wildman–Crippen LogP) is 2.05. The molecule has 4 heterocycles. The normalized spacial score (nSPS) is 23.8. The van der Waals surface area contributed by atoms with Gasteiger partial charge in [0.15, 0.2) is 0 Å². The van der Waals surface area contributed by atoms with Crippen LogP contribution in [0.4, 0.5) is 5.95 Å². The first-order chi connectivity index (χ1) is 13.4. The molecule has 1 unspecified atom stereocenters. The molecule has 0 N–H and O–H groups in total. The molecule has 28 heavy (non-hydrogen) atoms. The lowest BCUT2D eigenvalue weighted by atomic mass is 9.70. The summed E-state index contributed by atoms with van der Waals surface area (Å²) in [7, 11) is 6.08. The van der Waals surface area contributed by atoms with Crippen LogP contribution < -0.4 is 4.90 Å². The van der Waals surface area contributed by atoms with Crippen LogP contribution in [-0.4, -0.2) is 78.0 Å². The molecule has 1 aliphatic carbocycles. The molecular weight excluding hydrogens is 372 g/mol. The van der Waals surface area contributed by atoms with Crippen LogP contribution in [0.5, 0.6) is 0 Å². The number of anilines is 1. The highest BCUT2D eigenvalue weighted by molar-refractivity contribution is 7.10. The highest BCUT2D eigenvalue weighted by atomic mass is 32.1. The number of thiazole rings is 1. The van der Waals surface area contributed by atoms with E-state index in [2.05, 4.69) is 21.9 Å². The minimum absolute atomic E-state index is 0.0810. The second-order valence-electron chi connectivity index (χ2n) is 8.79. The van der Waals surface area contributed by atoms with Crippen molar-refractivity contribution in [2.24, 2.45) is 5.41 Å². The molecule has 1 amide bonds. The third-order valence-electron chi connectivity index (χ3n) is 6.21. The highest BCUT2D eigenvalue weighted by Gasteiger charge is 2.55. The number of hydrogen-bond acceptors (Lipinski definition) is 7. The number of aromatic nitrogens is 3. The van der Waals surface area contributed by atoms with Crippen molar-refractivity contribution in [2.75, 3.05) is 52.2 Å². The molecule has 1 saturated carbocycles. The maximum absolute atomic E-state index is 12.9. The topological polar surface area (TPSA) is 65.5 Å². The van der Waals surface area contributed by atoms with Gasteiger partial charge < -0.3 is 14.7 Å². The Morgan fingerprint density at radius 3 is 2.75 bits per heavy atom. The summed E-state index contributed by atoms with van der Waals surface area (Å²) in [4.78, 5) is 32.9. The summed E-state index contributed by atoms with van der Waals surface area (Å²) in [5.41, 5.74) is 1.79. The van der Waals surface area contributed by atoms with Crippen LogP contribution in [0, 0.1) is 5.41 Å². The van der Waals surface area contributed by atoms with Crippen molar-refractivity contribution in [1.29, 1.82) is 0 Å². The van der Waals surface area contributed by atoms with Gasteiger partial charge in [0.05, 0.1) is 10.7 Å². The quantitative estimate of drug-likeness (QED) is 0.785. The molecule has 2 aromatic heterocycles. The Morgan fingerprint density at radius 1 is 1.25 bits per heavy atom. The van der Waals surface area contributed by atoms with E-state index in [-0.39, 0.29) is 11.3 Å². The summed E-state index contributed by atoms with van der Waals surface area (Å²) in [6.07, 6.45) is 4.28. The van der Waals surface area contributed by atoms with Crippen molar-refractivity contribution in [3.63, 3.8) is 0 Å². The molecule has 0 radical (unpaired) electrons. The summed E-state index contributed by atoms with van der Waals surface area (Å²) < 4.78 is 0. The number of nitrogens with zero attached hydrogens (tertiary/aromatic N) is 6. The van der Waals surface area contributed by atoms with E-state index in [1.54, 1.807) is 11.3 Å². The van der Waals surface area contributed by atoms with E-state index in [0.717, 1.165) is 42.8 Å². The fourth-order valence-electron chi connectivity index (χ4n) is 4.64. The molecule has 7 nitrogen and oxygen atoms in total. The minimum Gasteiger partial charge on any atom is -0.347 e. The fraction of sp³-hybridized carbons (Fsp3) is 0.600. The van der Waals surface area contributed by atoms with E-state index in [1.165, 1.54) is 12.8 Å². The maximum Gasteiger partial charge on any atom is 0.273 e. The van der Waals surface area contributed by atoms with Crippen LogP contribution in [0.1, 0.15) is 45.9 Å². The SMILES string of the molecule is CN1CC(c2ccnc(N(C)C)n2)C2(C1)CN(C(=O)c1csc(C3CC3)n1)C2. The standard InChI is InChI=1S/C20H26N6OS/c1-24(2)19-21-7-6-15(23-19)14-8-25(3)10-20(14)11-26(12-20)18(27)16-9-28-17(22-16)13-4-5-13/h6-7,9,13-14H,4-5,8,10-12H2,1-3H3. The monoisotopic (exact) mass is 398 g/mol. The molecular formula is C20H26N6OS. The number of carbonyl (C=O) groups is 1. The molecule has 8 heteroatoms. The van der Waals surface area contributed by atoms with E-state index in [9.17, 15) is 4.79 Å². The minimum atomic E-state index is 0.0810. The van der Waals surface area contributed by atoms with Crippen LogP contribution in [0.2, 0.25) is 0 Å². The summed E-state index contributed by atoms with van der Waals surface area (Å²) in [6, 6.07) is 2.03. The molecule has 3 aliphatic rings. The van der Waals surface area contributed by atoms with E-state index in [0.29, 0.717) is 17.5 Å². The Labute approximate surface area is 169 Å². The first-order valence-electron chi connectivity index (χ1n) is 9.89. The molecule has 1 spiro atoms. The van der Waals surface area contributed by atoms with Gasteiger partial charge in [-0.25, -0.2) is 15.0 Å². The number of carbonyl (C=O) groups excluding carboxylic acids is 1. The zero-order chi connectivity index (χ0) is 19.5. The number of likely N-dealkylation sites (tertiary alicyclic amines) is 2. The first-order valence-corrected chi connectivity index (χ1v) is 10.8. The van der Waals surface area contributed by atoms with Gasteiger partial charge in [-0.2, -0.15) is 0 Å². The van der Waals surface area contributed by atoms with Crippen molar-refractivity contribution in [3.05, 3.63) is 34.0 Å². The third-order valence-corrected chi connectivity index (χ3v) is 7.21. The lowest BCUT2D eigenvalue weighted by molar-refractivity contribution is 0.00315. The Balaban J connectivity index is 1.33. The second-order valence-corrected chi connectivity index (χ2v) is 9.68. The average molecular weight is 399 g/mol. The Kier molecular flexibility index (Phi) is 4.17. The Bertz CT molecular complexity index is 902. The Hall–Kier alpha value is -2.06. The van der Waals surface area contributed by atoms with E-state index in [4.69, 9.17) is 4.98 Å². The van der Waals surface area contributed by atoms with E-state index >= 15 is 0 Å². The molecule has 0 aromatic carbocycles. The summed E-state index contributed by atoms with van der Waals surface area (Å²) in [5.74, 6) is 1.75. The number of likely N-dealkylation sites (N-methyl/N-ethyl adjacent to an activating group) is 1. The van der Waals surface area contributed by atoms with Crippen molar-refractivity contribution in [1.82, 2.24) is 24.8 Å².